The summed E-state index contributed by atoms with van der Waals surface area (Å²) in [5.41, 5.74) is 4.32. The quantitative estimate of drug-likeness (QED) is 0.657. The van der Waals surface area contributed by atoms with Crippen molar-refractivity contribution in [3.63, 3.8) is 0 Å². The smallest absolute Gasteiger partial charge is 0.226 e. The third-order valence-electron chi connectivity index (χ3n) is 2.41. The molecule has 1 aliphatic rings. The minimum atomic E-state index is 0.0845. The predicted molar refractivity (Wildman–Crippen MR) is 57.7 cm³/mol. The first-order chi connectivity index (χ1) is 6.66. The van der Waals surface area contributed by atoms with Crippen molar-refractivity contribution < 1.29 is 4.79 Å². The maximum Gasteiger partial charge on any atom is 0.226 e. The van der Waals surface area contributed by atoms with Crippen molar-refractivity contribution in [3.05, 3.63) is 23.3 Å². The van der Waals surface area contributed by atoms with Crippen molar-refractivity contribution in [2.45, 2.75) is 20.3 Å². The standard InChI is InChI=1S/C11H14N2O/c1-7-5-8(2)11-9(6-7)13-10(14)3-4-12-11/h5-6,12H,3-4H2,1-2H3,(H,13,14). The molecule has 0 saturated heterocycles. The molecule has 1 aromatic carbocycles. The fourth-order valence-electron chi connectivity index (χ4n) is 1.81. The zero-order valence-corrected chi connectivity index (χ0v) is 8.48. The summed E-state index contributed by atoms with van der Waals surface area (Å²) in [5, 5.41) is 6.17. The number of hydrogen-bond donors (Lipinski definition) is 2. The lowest BCUT2D eigenvalue weighted by Crippen LogP contribution is -2.10. The van der Waals surface area contributed by atoms with Crippen LogP contribution in [0.2, 0.25) is 0 Å². The number of nitrogens with one attached hydrogen (secondary N) is 2. The molecule has 0 aliphatic carbocycles. The lowest BCUT2D eigenvalue weighted by molar-refractivity contribution is -0.115. The first-order valence-electron chi connectivity index (χ1n) is 4.82. The topological polar surface area (TPSA) is 41.1 Å². The minimum absolute atomic E-state index is 0.0845. The van der Waals surface area contributed by atoms with Gasteiger partial charge < -0.3 is 10.6 Å². The Morgan fingerprint density at radius 2 is 2.07 bits per heavy atom. The van der Waals surface area contributed by atoms with Gasteiger partial charge in [-0.25, -0.2) is 0 Å². The summed E-state index contributed by atoms with van der Waals surface area (Å²) in [6.45, 7) is 4.80. The summed E-state index contributed by atoms with van der Waals surface area (Å²) in [5.74, 6) is 0.0845. The first-order valence-corrected chi connectivity index (χ1v) is 4.82. The highest BCUT2D eigenvalue weighted by atomic mass is 16.1. The number of benzene rings is 1. The van der Waals surface area contributed by atoms with E-state index in [-0.39, 0.29) is 5.91 Å². The van der Waals surface area contributed by atoms with E-state index in [0.717, 1.165) is 11.4 Å². The maximum absolute atomic E-state index is 11.3. The van der Waals surface area contributed by atoms with E-state index in [0.29, 0.717) is 13.0 Å². The van der Waals surface area contributed by atoms with Crippen LogP contribution in [-0.4, -0.2) is 12.5 Å². The number of rotatable bonds is 0. The van der Waals surface area contributed by atoms with Crippen molar-refractivity contribution >= 4 is 17.3 Å². The van der Waals surface area contributed by atoms with E-state index in [2.05, 4.69) is 23.6 Å². The van der Waals surface area contributed by atoms with Crippen molar-refractivity contribution in [1.29, 1.82) is 0 Å². The zero-order valence-electron chi connectivity index (χ0n) is 8.48. The maximum atomic E-state index is 11.3. The molecule has 74 valence electrons. The molecule has 1 aliphatic heterocycles. The van der Waals surface area contributed by atoms with Crippen LogP contribution in [0, 0.1) is 13.8 Å². The molecule has 14 heavy (non-hydrogen) atoms. The highest BCUT2D eigenvalue weighted by Gasteiger charge is 2.13. The summed E-state index contributed by atoms with van der Waals surface area (Å²) in [4.78, 5) is 11.3. The van der Waals surface area contributed by atoms with Gasteiger partial charge in [-0.3, -0.25) is 4.79 Å². The summed E-state index contributed by atoms with van der Waals surface area (Å²) in [6, 6.07) is 4.11. The van der Waals surface area contributed by atoms with Gasteiger partial charge in [0.1, 0.15) is 0 Å². The monoisotopic (exact) mass is 190 g/mol. The van der Waals surface area contributed by atoms with Crippen LogP contribution in [0.15, 0.2) is 12.1 Å². The van der Waals surface area contributed by atoms with Crippen molar-refractivity contribution in [2.75, 3.05) is 17.2 Å². The van der Waals surface area contributed by atoms with E-state index in [1.54, 1.807) is 0 Å². The number of aryl methyl sites for hydroxylation is 2. The largest absolute Gasteiger partial charge is 0.383 e. The lowest BCUT2D eigenvalue weighted by Gasteiger charge is -2.11. The van der Waals surface area contributed by atoms with Crippen LogP contribution in [0.3, 0.4) is 0 Å². The van der Waals surface area contributed by atoms with Crippen LogP contribution in [0.4, 0.5) is 11.4 Å². The summed E-state index contributed by atoms with van der Waals surface area (Å²) in [7, 11) is 0. The first kappa shape index (κ1) is 9.06. The molecular formula is C11H14N2O. The lowest BCUT2D eigenvalue weighted by atomic mass is 10.1. The van der Waals surface area contributed by atoms with Gasteiger partial charge in [-0.1, -0.05) is 6.07 Å². The van der Waals surface area contributed by atoms with Crippen LogP contribution in [0.5, 0.6) is 0 Å². The van der Waals surface area contributed by atoms with Gasteiger partial charge in [-0.2, -0.15) is 0 Å². The zero-order chi connectivity index (χ0) is 10.1. The molecule has 0 fully saturated rings. The van der Waals surface area contributed by atoms with E-state index in [1.807, 2.05) is 13.0 Å². The highest BCUT2D eigenvalue weighted by Crippen LogP contribution is 2.29. The molecule has 0 bridgehead atoms. The van der Waals surface area contributed by atoms with Gasteiger partial charge in [-0.05, 0) is 31.0 Å². The molecule has 0 spiro atoms. The molecule has 1 heterocycles. The van der Waals surface area contributed by atoms with Crippen LogP contribution in [-0.2, 0) is 4.79 Å². The molecule has 1 aromatic rings. The third kappa shape index (κ3) is 1.58. The highest BCUT2D eigenvalue weighted by molar-refractivity contribution is 5.96. The Morgan fingerprint density at radius 3 is 2.86 bits per heavy atom. The average molecular weight is 190 g/mol. The van der Waals surface area contributed by atoms with Gasteiger partial charge >= 0.3 is 0 Å². The number of amides is 1. The normalized spacial score (nSPS) is 15.1. The Morgan fingerprint density at radius 1 is 1.29 bits per heavy atom. The molecule has 1 amide bonds. The third-order valence-corrected chi connectivity index (χ3v) is 2.41. The van der Waals surface area contributed by atoms with Gasteiger partial charge in [0, 0.05) is 13.0 Å². The number of carbonyl (C=O) groups is 1. The molecule has 0 atom stereocenters. The van der Waals surface area contributed by atoms with Crippen LogP contribution in [0.25, 0.3) is 0 Å². The van der Waals surface area contributed by atoms with Gasteiger partial charge in [0.2, 0.25) is 5.91 Å². The molecule has 0 saturated carbocycles. The van der Waals surface area contributed by atoms with Crippen molar-refractivity contribution in [2.24, 2.45) is 0 Å². The second kappa shape index (κ2) is 3.33. The van der Waals surface area contributed by atoms with Gasteiger partial charge in [-0.15, -0.1) is 0 Å². The van der Waals surface area contributed by atoms with E-state index in [1.165, 1.54) is 11.1 Å². The summed E-state index contributed by atoms with van der Waals surface area (Å²) in [6.07, 6.45) is 0.535. The average Bonchev–Trinajstić information content (AvgIpc) is 2.25. The Labute approximate surface area is 83.5 Å². The minimum Gasteiger partial charge on any atom is -0.383 e. The van der Waals surface area contributed by atoms with Crippen LogP contribution in [0.1, 0.15) is 17.5 Å². The second-order valence-electron chi connectivity index (χ2n) is 3.73. The molecule has 2 rings (SSSR count). The Balaban J connectivity index is 2.50. The molecule has 0 unspecified atom stereocenters. The molecule has 3 heteroatoms. The number of anilines is 2. The summed E-state index contributed by atoms with van der Waals surface area (Å²) >= 11 is 0. The molecular weight excluding hydrogens is 176 g/mol. The molecule has 2 N–H and O–H groups in total. The summed E-state index contributed by atoms with van der Waals surface area (Å²) < 4.78 is 0. The predicted octanol–water partition coefficient (Wildman–Crippen LogP) is 2.06. The Bertz CT molecular complexity index is 385. The van der Waals surface area contributed by atoms with Crippen molar-refractivity contribution in [1.82, 2.24) is 0 Å². The Hall–Kier alpha value is -1.51. The van der Waals surface area contributed by atoms with Crippen LogP contribution < -0.4 is 10.6 Å². The number of carbonyl (C=O) groups excluding carboxylic acids is 1. The fourth-order valence-corrected chi connectivity index (χ4v) is 1.81. The van der Waals surface area contributed by atoms with Crippen molar-refractivity contribution in [3.8, 4) is 0 Å². The molecule has 0 radical (unpaired) electrons. The second-order valence-corrected chi connectivity index (χ2v) is 3.73. The van der Waals surface area contributed by atoms with Crippen LogP contribution >= 0.6 is 0 Å². The van der Waals surface area contributed by atoms with E-state index in [9.17, 15) is 4.79 Å². The van der Waals surface area contributed by atoms with Gasteiger partial charge in [0.25, 0.3) is 0 Å². The molecule has 0 aromatic heterocycles. The van der Waals surface area contributed by atoms with E-state index < -0.39 is 0 Å². The number of fused-ring (bicyclic) bond motifs is 1. The fraction of sp³-hybridized carbons (Fsp3) is 0.364. The molecule has 3 nitrogen and oxygen atoms in total. The van der Waals surface area contributed by atoms with Gasteiger partial charge in [0.05, 0.1) is 11.4 Å². The van der Waals surface area contributed by atoms with Gasteiger partial charge in [0.15, 0.2) is 0 Å². The number of hydrogen-bond acceptors (Lipinski definition) is 2. The SMILES string of the molecule is Cc1cc(C)c2c(c1)NC(=O)CCN2. The Kier molecular flexibility index (Phi) is 2.15. The van der Waals surface area contributed by atoms with E-state index in [4.69, 9.17) is 0 Å². The van der Waals surface area contributed by atoms with E-state index >= 15 is 0 Å².